The third-order valence-electron chi connectivity index (χ3n) is 2.44. The lowest BCUT2D eigenvalue weighted by Crippen LogP contribution is -2.47. The van der Waals surface area contributed by atoms with Gasteiger partial charge in [0, 0.05) is 13.1 Å². The number of aliphatic carboxylic acids is 1. The fraction of sp³-hybridized carbons (Fsp3) is 0.833. The highest BCUT2D eigenvalue weighted by atomic mass is 16.6. The fourth-order valence-corrected chi connectivity index (χ4v) is 1.24. The number of hydrogen-bond donors (Lipinski definition) is 2. The van der Waals surface area contributed by atoms with Gasteiger partial charge in [-0.2, -0.15) is 0 Å². The number of aliphatic hydroxyl groups excluding tert-OH is 1. The van der Waals surface area contributed by atoms with Crippen LogP contribution in [0, 0.1) is 5.41 Å². The highest BCUT2D eigenvalue weighted by Crippen LogP contribution is 2.19. The van der Waals surface area contributed by atoms with Gasteiger partial charge >= 0.3 is 12.1 Å². The average Bonchev–Trinajstić information content (AvgIpc) is 2.22. The summed E-state index contributed by atoms with van der Waals surface area (Å²) in [5, 5.41) is 18.2. The predicted octanol–water partition coefficient (Wildman–Crippen LogP) is 1.33. The zero-order valence-corrected chi connectivity index (χ0v) is 11.7. The number of ether oxygens (including phenoxy) is 1. The molecule has 1 unspecified atom stereocenters. The Bertz CT molecular complexity index is 310. The molecular weight excluding hydrogens is 238 g/mol. The maximum Gasteiger partial charge on any atom is 0.410 e. The van der Waals surface area contributed by atoms with Crippen LogP contribution in [0.2, 0.25) is 0 Å². The van der Waals surface area contributed by atoms with Crippen molar-refractivity contribution in [3.63, 3.8) is 0 Å². The Kier molecular flexibility index (Phi) is 5.60. The monoisotopic (exact) mass is 261 g/mol. The molecule has 18 heavy (non-hydrogen) atoms. The molecule has 0 fully saturated rings. The van der Waals surface area contributed by atoms with E-state index in [-0.39, 0.29) is 6.54 Å². The highest BCUT2D eigenvalue weighted by Gasteiger charge is 2.36. The number of rotatable bonds is 5. The van der Waals surface area contributed by atoms with Crippen molar-refractivity contribution in [1.82, 2.24) is 4.90 Å². The van der Waals surface area contributed by atoms with E-state index in [4.69, 9.17) is 14.9 Å². The zero-order valence-electron chi connectivity index (χ0n) is 11.7. The lowest BCUT2D eigenvalue weighted by atomic mass is 9.91. The molecule has 6 heteroatoms. The van der Waals surface area contributed by atoms with Crippen molar-refractivity contribution < 1.29 is 24.5 Å². The summed E-state index contributed by atoms with van der Waals surface area (Å²) in [6.07, 6.45) is -0.578. The first-order valence-electron chi connectivity index (χ1n) is 5.88. The quantitative estimate of drug-likeness (QED) is 0.779. The summed E-state index contributed by atoms with van der Waals surface area (Å²) in [6.45, 7) is 8.01. The molecule has 0 spiro atoms. The number of nitrogens with zero attached hydrogens (tertiary/aromatic N) is 1. The van der Waals surface area contributed by atoms with Crippen LogP contribution in [0.4, 0.5) is 4.79 Å². The van der Waals surface area contributed by atoms with Crippen molar-refractivity contribution >= 4 is 12.1 Å². The molecule has 0 aromatic heterocycles. The van der Waals surface area contributed by atoms with E-state index in [9.17, 15) is 9.59 Å². The normalized spacial score (nSPS) is 14.8. The molecule has 0 heterocycles. The van der Waals surface area contributed by atoms with E-state index in [0.717, 1.165) is 0 Å². The van der Waals surface area contributed by atoms with Gasteiger partial charge in [0.1, 0.15) is 11.0 Å². The highest BCUT2D eigenvalue weighted by molar-refractivity contribution is 5.76. The topological polar surface area (TPSA) is 87.1 Å². The molecule has 0 bridgehead atoms. The van der Waals surface area contributed by atoms with E-state index in [2.05, 4.69) is 0 Å². The van der Waals surface area contributed by atoms with E-state index >= 15 is 0 Å². The van der Waals surface area contributed by atoms with Gasteiger partial charge in [0.2, 0.25) is 0 Å². The molecule has 1 atom stereocenters. The number of amides is 1. The Hall–Kier alpha value is -1.30. The van der Waals surface area contributed by atoms with Crippen LogP contribution in [0.5, 0.6) is 0 Å². The van der Waals surface area contributed by atoms with Gasteiger partial charge in [0.15, 0.2) is 0 Å². The zero-order chi connectivity index (χ0) is 14.6. The molecule has 0 radical (unpaired) electrons. The Balaban J connectivity index is 4.80. The molecule has 0 saturated carbocycles. The van der Waals surface area contributed by atoms with Crippen molar-refractivity contribution in [2.24, 2.45) is 5.41 Å². The predicted molar refractivity (Wildman–Crippen MR) is 66.3 cm³/mol. The van der Waals surface area contributed by atoms with Crippen LogP contribution >= 0.6 is 0 Å². The smallest absolute Gasteiger partial charge is 0.410 e. The van der Waals surface area contributed by atoms with Crippen LogP contribution in [-0.4, -0.2) is 52.5 Å². The van der Waals surface area contributed by atoms with E-state index in [1.807, 2.05) is 0 Å². The molecular formula is C12H23NO5. The molecule has 0 aliphatic carbocycles. The van der Waals surface area contributed by atoms with E-state index in [1.54, 1.807) is 27.7 Å². The number of hydrogen-bond acceptors (Lipinski definition) is 4. The maximum atomic E-state index is 11.8. The van der Waals surface area contributed by atoms with Crippen LogP contribution in [0.25, 0.3) is 0 Å². The molecule has 2 N–H and O–H groups in total. The van der Waals surface area contributed by atoms with Gasteiger partial charge in [-0.05, 0) is 34.6 Å². The Morgan fingerprint density at radius 2 is 1.72 bits per heavy atom. The second-order valence-corrected chi connectivity index (χ2v) is 5.52. The maximum absolute atomic E-state index is 11.8. The Morgan fingerprint density at radius 1 is 1.22 bits per heavy atom. The summed E-state index contributed by atoms with van der Waals surface area (Å²) in [5.74, 6) is -1.15. The molecule has 0 aliphatic rings. The second kappa shape index (κ2) is 6.04. The molecule has 0 aromatic carbocycles. The van der Waals surface area contributed by atoms with Gasteiger partial charge in [0.05, 0.1) is 6.61 Å². The third kappa shape index (κ3) is 4.91. The van der Waals surface area contributed by atoms with Gasteiger partial charge in [-0.3, -0.25) is 4.79 Å². The van der Waals surface area contributed by atoms with Crippen molar-refractivity contribution in [1.29, 1.82) is 0 Å². The van der Waals surface area contributed by atoms with Gasteiger partial charge < -0.3 is 19.8 Å². The van der Waals surface area contributed by atoms with Crippen molar-refractivity contribution in [3.8, 4) is 0 Å². The van der Waals surface area contributed by atoms with Crippen molar-refractivity contribution in [2.45, 2.75) is 40.2 Å². The SMILES string of the molecule is CCN(CC(C)(CO)C(=O)O)C(=O)OC(C)(C)C. The van der Waals surface area contributed by atoms with E-state index < -0.39 is 29.7 Å². The minimum Gasteiger partial charge on any atom is -0.481 e. The molecule has 0 aromatic rings. The first kappa shape index (κ1) is 16.7. The van der Waals surface area contributed by atoms with Crippen molar-refractivity contribution in [3.05, 3.63) is 0 Å². The number of carboxylic acids is 1. The largest absolute Gasteiger partial charge is 0.481 e. The number of aliphatic hydroxyl groups is 1. The molecule has 0 rings (SSSR count). The molecule has 106 valence electrons. The Morgan fingerprint density at radius 3 is 2.00 bits per heavy atom. The van der Waals surface area contributed by atoms with Crippen LogP contribution < -0.4 is 0 Å². The second-order valence-electron chi connectivity index (χ2n) is 5.52. The first-order valence-corrected chi connectivity index (χ1v) is 5.88. The van der Waals surface area contributed by atoms with Gasteiger partial charge in [-0.15, -0.1) is 0 Å². The summed E-state index contributed by atoms with van der Waals surface area (Å²) >= 11 is 0. The van der Waals surface area contributed by atoms with E-state index in [0.29, 0.717) is 6.54 Å². The summed E-state index contributed by atoms with van der Waals surface area (Å²) < 4.78 is 5.17. The minimum atomic E-state index is -1.38. The van der Waals surface area contributed by atoms with Crippen LogP contribution in [0.3, 0.4) is 0 Å². The lowest BCUT2D eigenvalue weighted by molar-refractivity contribution is -0.151. The Labute approximate surface area is 108 Å². The molecule has 6 nitrogen and oxygen atoms in total. The summed E-state index contributed by atoms with van der Waals surface area (Å²) in [6, 6.07) is 0. The standard InChI is InChI=1S/C12H23NO5/c1-6-13(10(17)18-11(2,3)4)7-12(5,8-14)9(15)16/h14H,6-8H2,1-5H3,(H,15,16). The van der Waals surface area contributed by atoms with Gasteiger partial charge in [0.25, 0.3) is 0 Å². The van der Waals surface area contributed by atoms with Crippen LogP contribution in [0.15, 0.2) is 0 Å². The average molecular weight is 261 g/mol. The summed E-state index contributed by atoms with van der Waals surface area (Å²) in [5.41, 5.74) is -2.02. The first-order chi connectivity index (χ1) is 8.05. The van der Waals surface area contributed by atoms with E-state index in [1.165, 1.54) is 11.8 Å². The summed E-state index contributed by atoms with van der Waals surface area (Å²) in [4.78, 5) is 24.2. The molecule has 0 aliphatic heterocycles. The summed E-state index contributed by atoms with van der Waals surface area (Å²) in [7, 11) is 0. The number of carboxylic acid groups (broad SMARTS) is 1. The number of carbonyl (C=O) groups is 2. The molecule has 0 saturated heterocycles. The van der Waals surface area contributed by atoms with Gasteiger partial charge in [-0.1, -0.05) is 0 Å². The lowest BCUT2D eigenvalue weighted by Gasteiger charge is -2.32. The third-order valence-corrected chi connectivity index (χ3v) is 2.44. The van der Waals surface area contributed by atoms with Crippen molar-refractivity contribution in [2.75, 3.05) is 19.7 Å². The van der Waals surface area contributed by atoms with Gasteiger partial charge in [-0.25, -0.2) is 4.79 Å². The van der Waals surface area contributed by atoms with Crippen LogP contribution in [-0.2, 0) is 9.53 Å². The number of carbonyl (C=O) groups excluding carboxylic acids is 1. The fourth-order valence-electron chi connectivity index (χ4n) is 1.24. The van der Waals surface area contributed by atoms with Crippen LogP contribution in [0.1, 0.15) is 34.6 Å². The minimum absolute atomic E-state index is 0.0930. The molecule has 1 amide bonds.